The number of rotatable bonds is 9. The van der Waals surface area contributed by atoms with E-state index in [9.17, 15) is 18.3 Å². The van der Waals surface area contributed by atoms with Gasteiger partial charge in [-0.15, -0.1) is 0 Å². The summed E-state index contributed by atoms with van der Waals surface area (Å²) in [6.45, 7) is 3.26. The monoisotopic (exact) mass is 608 g/mol. The van der Waals surface area contributed by atoms with Gasteiger partial charge in [-0.05, 0) is 67.9 Å². The fourth-order valence-electron chi connectivity index (χ4n) is 3.83. The highest BCUT2D eigenvalue weighted by Gasteiger charge is 2.29. The molecule has 0 bridgehead atoms. The molecule has 1 aliphatic heterocycles. The van der Waals surface area contributed by atoms with E-state index in [1.807, 2.05) is 0 Å². The summed E-state index contributed by atoms with van der Waals surface area (Å²) < 4.78 is 39.3. The zero-order chi connectivity index (χ0) is 28.3. The largest absolute Gasteiger partial charge is 0.505 e. The maximum atomic E-state index is 13.6. The third kappa shape index (κ3) is 6.57. The minimum Gasteiger partial charge on any atom is -0.505 e. The minimum atomic E-state index is -3.99. The summed E-state index contributed by atoms with van der Waals surface area (Å²) >= 11 is 18.1. The molecule has 0 unspecified atom stereocenters. The lowest BCUT2D eigenvalue weighted by Gasteiger charge is -2.22. The second kappa shape index (κ2) is 12.0. The van der Waals surface area contributed by atoms with Crippen LogP contribution < -0.4 is 0 Å². The minimum absolute atomic E-state index is 0.0169. The molecule has 0 amide bonds. The fourth-order valence-corrected chi connectivity index (χ4v) is 5.67. The molecular formula is C27H23Cl3N2O6S. The van der Waals surface area contributed by atoms with Crippen molar-refractivity contribution in [1.82, 2.24) is 4.31 Å². The molecule has 12 heteroatoms. The Kier molecular flexibility index (Phi) is 8.88. The Balaban J connectivity index is 1.64. The first-order valence-electron chi connectivity index (χ1n) is 11.7. The number of sulfonamides is 1. The molecule has 0 saturated carbocycles. The van der Waals surface area contributed by atoms with Crippen LogP contribution in [-0.4, -0.2) is 36.1 Å². The molecule has 0 atom stereocenters. The van der Waals surface area contributed by atoms with Crippen molar-refractivity contribution in [3.63, 3.8) is 0 Å². The summed E-state index contributed by atoms with van der Waals surface area (Å²) in [7, 11) is -3.99. The number of aliphatic hydroxyl groups is 1. The molecule has 2 aromatic carbocycles. The van der Waals surface area contributed by atoms with E-state index in [-0.39, 0.29) is 41.6 Å². The average Bonchev–Trinajstić information content (AvgIpc) is 3.44. The van der Waals surface area contributed by atoms with Gasteiger partial charge in [-0.2, -0.15) is 4.31 Å². The molecule has 0 aliphatic carbocycles. The lowest BCUT2D eigenvalue weighted by Crippen LogP contribution is -2.30. The van der Waals surface area contributed by atoms with Crippen LogP contribution in [0, 0.1) is 0 Å². The van der Waals surface area contributed by atoms with E-state index in [1.54, 1.807) is 44.2 Å². The van der Waals surface area contributed by atoms with Crippen LogP contribution >= 0.6 is 34.8 Å². The van der Waals surface area contributed by atoms with Gasteiger partial charge in [0, 0.05) is 17.6 Å². The molecule has 1 aromatic heterocycles. The Hall–Kier alpha value is -3.08. The normalized spacial score (nSPS) is 14.8. The van der Waals surface area contributed by atoms with Crippen molar-refractivity contribution in [2.45, 2.75) is 31.8 Å². The maximum absolute atomic E-state index is 13.6. The summed E-state index contributed by atoms with van der Waals surface area (Å²) in [6, 6.07) is 13.9. The van der Waals surface area contributed by atoms with Gasteiger partial charge in [-0.3, -0.25) is 0 Å². The van der Waals surface area contributed by atoms with E-state index >= 15 is 0 Å². The molecule has 8 nitrogen and oxygen atoms in total. The summed E-state index contributed by atoms with van der Waals surface area (Å²) in [5.41, 5.74) is 1.04. The Morgan fingerprint density at radius 2 is 1.77 bits per heavy atom. The number of nitrogens with zero attached hydrogens (tertiary/aromatic N) is 2. The topological polar surface area (TPSA) is 109 Å². The molecule has 2 heterocycles. The molecule has 0 fully saturated rings. The first-order chi connectivity index (χ1) is 18.5. The highest BCUT2D eigenvalue weighted by atomic mass is 35.5. The SMILES string of the molecule is CCOC(=O)C1=C(O)/C(=C\c2ccc(CN(Cc3ccc(Cl)c(Cl)c3)S(=O)(=O)c3ccc(Cl)cc3)o2)N=C1C. The highest BCUT2D eigenvalue weighted by Crippen LogP contribution is 2.29. The number of aliphatic imine (C=N–C) groups is 1. The molecule has 3 aromatic rings. The summed E-state index contributed by atoms with van der Waals surface area (Å²) in [4.78, 5) is 16.4. The van der Waals surface area contributed by atoms with Crippen molar-refractivity contribution in [3.8, 4) is 0 Å². The summed E-state index contributed by atoms with van der Waals surface area (Å²) in [6.07, 6.45) is 1.45. The van der Waals surface area contributed by atoms with Crippen molar-refractivity contribution in [2.24, 2.45) is 4.99 Å². The lowest BCUT2D eigenvalue weighted by atomic mass is 10.1. The standard InChI is InChI=1S/C27H23Cl3N2O6S/c1-3-37-27(34)25-16(2)31-24(26(25)33)13-19-7-8-20(38-19)15-32(14-17-4-11-22(29)23(30)12-17)39(35,36)21-9-5-18(28)6-10-21/h4-13,33H,3,14-15H2,1-2H3/b24-13+. The van der Waals surface area contributed by atoms with Crippen molar-refractivity contribution in [3.05, 3.63) is 104 Å². The van der Waals surface area contributed by atoms with Crippen LogP contribution in [-0.2, 0) is 32.6 Å². The van der Waals surface area contributed by atoms with Crippen LogP contribution in [0.1, 0.15) is 30.9 Å². The number of ether oxygens (including phenoxy) is 1. The lowest BCUT2D eigenvalue weighted by molar-refractivity contribution is -0.138. The fraction of sp³-hybridized carbons (Fsp3) is 0.185. The molecule has 4 rings (SSSR count). The van der Waals surface area contributed by atoms with Gasteiger partial charge in [0.25, 0.3) is 0 Å². The van der Waals surface area contributed by atoms with Gasteiger partial charge in [0.05, 0.1) is 33.8 Å². The van der Waals surface area contributed by atoms with E-state index in [4.69, 9.17) is 44.0 Å². The van der Waals surface area contributed by atoms with Gasteiger partial charge in [-0.1, -0.05) is 40.9 Å². The molecule has 39 heavy (non-hydrogen) atoms. The molecule has 1 N–H and O–H groups in total. The molecule has 0 radical (unpaired) electrons. The number of furan rings is 1. The smallest absolute Gasteiger partial charge is 0.343 e. The molecular weight excluding hydrogens is 587 g/mol. The van der Waals surface area contributed by atoms with Gasteiger partial charge in [-0.25, -0.2) is 18.2 Å². The van der Waals surface area contributed by atoms with Crippen LogP contribution in [0.25, 0.3) is 6.08 Å². The van der Waals surface area contributed by atoms with Gasteiger partial charge in [0.2, 0.25) is 10.0 Å². The Morgan fingerprint density at radius 3 is 2.44 bits per heavy atom. The molecule has 0 saturated heterocycles. The summed E-state index contributed by atoms with van der Waals surface area (Å²) in [5, 5.41) is 11.6. The predicted molar refractivity (Wildman–Crippen MR) is 150 cm³/mol. The number of halogens is 3. The highest BCUT2D eigenvalue weighted by molar-refractivity contribution is 7.89. The molecule has 1 aliphatic rings. The quantitative estimate of drug-likeness (QED) is 0.267. The predicted octanol–water partition coefficient (Wildman–Crippen LogP) is 6.82. The van der Waals surface area contributed by atoms with Crippen LogP contribution in [0.5, 0.6) is 0 Å². The number of carbonyl (C=O) groups is 1. The number of hydrogen-bond acceptors (Lipinski definition) is 7. The number of benzene rings is 2. The number of carbonyl (C=O) groups excluding carboxylic acids is 1. The zero-order valence-corrected chi connectivity index (χ0v) is 23.9. The van der Waals surface area contributed by atoms with Gasteiger partial charge in [0.1, 0.15) is 22.8 Å². The zero-order valence-electron chi connectivity index (χ0n) is 20.8. The summed E-state index contributed by atoms with van der Waals surface area (Å²) in [5.74, 6) is -0.376. The third-order valence-electron chi connectivity index (χ3n) is 5.70. The van der Waals surface area contributed by atoms with Crippen molar-refractivity contribution in [2.75, 3.05) is 6.61 Å². The number of hydrogen-bond donors (Lipinski definition) is 1. The molecule has 0 spiro atoms. The first-order valence-corrected chi connectivity index (χ1v) is 14.2. The van der Waals surface area contributed by atoms with Crippen molar-refractivity contribution < 1.29 is 27.5 Å². The van der Waals surface area contributed by atoms with Crippen LogP contribution in [0.4, 0.5) is 0 Å². The van der Waals surface area contributed by atoms with E-state index in [0.717, 1.165) is 0 Å². The average molecular weight is 610 g/mol. The van der Waals surface area contributed by atoms with E-state index in [1.165, 1.54) is 34.6 Å². The molecule has 204 valence electrons. The van der Waals surface area contributed by atoms with Gasteiger partial charge < -0.3 is 14.3 Å². The maximum Gasteiger partial charge on any atom is 0.343 e. The van der Waals surface area contributed by atoms with E-state index in [2.05, 4.69) is 4.99 Å². The number of aliphatic hydroxyl groups excluding tert-OH is 1. The van der Waals surface area contributed by atoms with Gasteiger partial charge >= 0.3 is 5.97 Å². The number of esters is 1. The Labute approximate surface area is 240 Å². The van der Waals surface area contributed by atoms with Crippen LogP contribution in [0.3, 0.4) is 0 Å². The van der Waals surface area contributed by atoms with Crippen LogP contribution in [0.15, 0.2) is 85.9 Å². The van der Waals surface area contributed by atoms with Crippen LogP contribution in [0.2, 0.25) is 15.1 Å². The van der Waals surface area contributed by atoms with Crippen molar-refractivity contribution in [1.29, 1.82) is 0 Å². The second-order valence-corrected chi connectivity index (χ2v) is 11.6. The Bertz CT molecular complexity index is 1610. The van der Waals surface area contributed by atoms with E-state index in [0.29, 0.717) is 37.9 Å². The second-order valence-electron chi connectivity index (χ2n) is 8.45. The Morgan fingerprint density at radius 1 is 1.05 bits per heavy atom. The first kappa shape index (κ1) is 28.9. The van der Waals surface area contributed by atoms with Gasteiger partial charge in [0.15, 0.2) is 5.76 Å². The van der Waals surface area contributed by atoms with Crippen molar-refractivity contribution >= 4 is 62.6 Å². The van der Waals surface area contributed by atoms with E-state index < -0.39 is 16.0 Å². The third-order valence-corrected chi connectivity index (χ3v) is 8.49.